The Kier molecular flexibility index (Phi) is 5.74. The molecule has 1 aliphatic rings. The van der Waals surface area contributed by atoms with Crippen LogP contribution in [0.5, 0.6) is 0 Å². The molecule has 1 heterocycles. The summed E-state index contributed by atoms with van der Waals surface area (Å²) in [5.74, 6) is 0. The van der Waals surface area contributed by atoms with Gasteiger partial charge in [-0.25, -0.2) is 8.42 Å². The monoisotopic (exact) mass is 409 g/mol. The summed E-state index contributed by atoms with van der Waals surface area (Å²) in [6.07, 6.45) is -4.52. The summed E-state index contributed by atoms with van der Waals surface area (Å²) in [4.78, 5) is 1.72. The van der Waals surface area contributed by atoms with E-state index in [-0.39, 0.29) is 18.0 Å². The molecule has 3 rings (SSSR count). The van der Waals surface area contributed by atoms with Crippen LogP contribution in [-0.4, -0.2) is 43.8 Å². The van der Waals surface area contributed by atoms with Crippen LogP contribution in [0.3, 0.4) is 0 Å². The first kappa shape index (κ1) is 20.3. The number of nitrogens with zero attached hydrogens (tertiary/aromatic N) is 3. The van der Waals surface area contributed by atoms with Gasteiger partial charge < -0.3 is 0 Å². The molecule has 1 saturated heterocycles. The van der Waals surface area contributed by atoms with Gasteiger partial charge in [0.25, 0.3) is 0 Å². The Labute approximate surface area is 161 Å². The lowest BCUT2D eigenvalue weighted by atomic mass is 10.1. The van der Waals surface area contributed by atoms with Crippen molar-refractivity contribution in [3.63, 3.8) is 0 Å². The van der Waals surface area contributed by atoms with Gasteiger partial charge in [-0.05, 0) is 29.8 Å². The molecule has 5 nitrogen and oxygen atoms in total. The lowest BCUT2D eigenvalue weighted by Crippen LogP contribution is -2.49. The molecule has 1 fully saturated rings. The van der Waals surface area contributed by atoms with Crippen molar-refractivity contribution in [3.8, 4) is 6.07 Å². The molecular formula is C19H18F3N3O2S. The van der Waals surface area contributed by atoms with Crippen molar-refractivity contribution in [1.82, 2.24) is 9.21 Å². The number of piperazine rings is 1. The predicted octanol–water partition coefficient (Wildman–Crippen LogP) is 3.28. The Morgan fingerprint density at radius 1 is 0.929 bits per heavy atom. The summed E-state index contributed by atoms with van der Waals surface area (Å²) in [7, 11) is -3.89. The van der Waals surface area contributed by atoms with Gasteiger partial charge in [0, 0.05) is 26.2 Å². The largest absolute Gasteiger partial charge is 0.416 e. The van der Waals surface area contributed by atoms with Crippen molar-refractivity contribution in [2.45, 2.75) is 17.1 Å². The van der Waals surface area contributed by atoms with Gasteiger partial charge in [-0.15, -0.1) is 0 Å². The number of sulfonamides is 1. The van der Waals surface area contributed by atoms with Gasteiger partial charge in [-0.1, -0.05) is 30.3 Å². The maximum absolute atomic E-state index is 12.7. The standard InChI is InChI=1S/C19H18F3N3O2S/c20-19(21,22)16-6-8-17(9-7-16)28(26,27)25-12-10-24(11-13-25)18(14-23)15-4-2-1-3-5-15/h1-9,18H,10-13H2. The average Bonchev–Trinajstić information content (AvgIpc) is 2.69. The van der Waals surface area contributed by atoms with E-state index in [4.69, 9.17) is 0 Å². The van der Waals surface area contributed by atoms with Gasteiger partial charge in [-0.3, -0.25) is 4.90 Å². The molecule has 0 spiro atoms. The minimum atomic E-state index is -4.52. The molecular weight excluding hydrogens is 391 g/mol. The third kappa shape index (κ3) is 4.19. The van der Waals surface area contributed by atoms with Crippen molar-refractivity contribution in [2.75, 3.05) is 26.2 Å². The second-order valence-corrected chi connectivity index (χ2v) is 8.34. The van der Waals surface area contributed by atoms with Crippen LogP contribution in [0.1, 0.15) is 17.2 Å². The molecule has 0 radical (unpaired) electrons. The first-order valence-electron chi connectivity index (χ1n) is 8.59. The lowest BCUT2D eigenvalue weighted by Gasteiger charge is -2.36. The SMILES string of the molecule is N#CC(c1ccccc1)N1CCN(S(=O)(=O)c2ccc(C(F)(F)F)cc2)CC1. The number of alkyl halides is 3. The quantitative estimate of drug-likeness (QED) is 0.778. The zero-order valence-electron chi connectivity index (χ0n) is 14.8. The highest BCUT2D eigenvalue weighted by Crippen LogP contribution is 2.30. The third-order valence-electron chi connectivity index (χ3n) is 4.70. The second kappa shape index (κ2) is 7.91. The second-order valence-electron chi connectivity index (χ2n) is 6.40. The molecule has 1 aliphatic heterocycles. The zero-order chi connectivity index (χ0) is 20.4. The number of hydrogen-bond acceptors (Lipinski definition) is 4. The first-order valence-corrected chi connectivity index (χ1v) is 10.0. The van der Waals surface area contributed by atoms with Crippen molar-refractivity contribution in [1.29, 1.82) is 5.26 Å². The minimum Gasteiger partial charge on any atom is -0.282 e. The Morgan fingerprint density at radius 2 is 1.50 bits per heavy atom. The van der Waals surface area contributed by atoms with Gasteiger partial charge in [0.05, 0.1) is 16.5 Å². The summed E-state index contributed by atoms with van der Waals surface area (Å²) >= 11 is 0. The van der Waals surface area contributed by atoms with Crippen LogP contribution in [0.2, 0.25) is 0 Å². The van der Waals surface area contributed by atoms with Crippen LogP contribution < -0.4 is 0 Å². The van der Waals surface area contributed by atoms with Crippen molar-refractivity contribution < 1.29 is 21.6 Å². The molecule has 28 heavy (non-hydrogen) atoms. The molecule has 2 aromatic rings. The smallest absolute Gasteiger partial charge is 0.282 e. The molecule has 2 aromatic carbocycles. The van der Waals surface area contributed by atoms with Gasteiger partial charge in [-0.2, -0.15) is 22.7 Å². The molecule has 0 saturated carbocycles. The highest BCUT2D eigenvalue weighted by atomic mass is 32.2. The molecule has 0 aliphatic carbocycles. The van der Waals surface area contributed by atoms with Crippen LogP contribution in [0.25, 0.3) is 0 Å². The summed E-state index contributed by atoms with van der Waals surface area (Å²) in [5, 5.41) is 9.51. The van der Waals surface area contributed by atoms with Crippen LogP contribution in [0, 0.1) is 11.3 Å². The zero-order valence-corrected chi connectivity index (χ0v) is 15.6. The number of benzene rings is 2. The molecule has 0 amide bonds. The summed E-state index contributed by atoms with van der Waals surface area (Å²) in [5.41, 5.74) is -0.0555. The molecule has 148 valence electrons. The van der Waals surface area contributed by atoms with E-state index in [0.717, 1.165) is 29.8 Å². The normalized spacial score (nSPS) is 17.8. The highest BCUT2D eigenvalue weighted by molar-refractivity contribution is 7.89. The van der Waals surface area contributed by atoms with Crippen molar-refractivity contribution in [2.24, 2.45) is 0 Å². The van der Waals surface area contributed by atoms with Crippen LogP contribution in [-0.2, 0) is 16.2 Å². The van der Waals surface area contributed by atoms with E-state index >= 15 is 0 Å². The minimum absolute atomic E-state index is 0.161. The van der Waals surface area contributed by atoms with E-state index in [1.54, 1.807) is 0 Å². The third-order valence-corrected chi connectivity index (χ3v) is 6.61. The maximum atomic E-state index is 12.7. The van der Waals surface area contributed by atoms with E-state index in [1.807, 2.05) is 35.2 Å². The Balaban J connectivity index is 1.71. The number of rotatable bonds is 4. The van der Waals surface area contributed by atoms with Crippen LogP contribution in [0.4, 0.5) is 13.2 Å². The summed E-state index contributed by atoms with van der Waals surface area (Å²) < 4.78 is 64.7. The molecule has 0 aromatic heterocycles. The molecule has 0 N–H and O–H groups in total. The van der Waals surface area contributed by atoms with Gasteiger partial charge in [0.15, 0.2) is 0 Å². The van der Waals surface area contributed by atoms with Gasteiger partial charge >= 0.3 is 6.18 Å². The fraction of sp³-hybridized carbons (Fsp3) is 0.316. The molecule has 0 bridgehead atoms. The van der Waals surface area contributed by atoms with Gasteiger partial charge in [0.1, 0.15) is 6.04 Å². The first-order chi connectivity index (χ1) is 13.2. The highest BCUT2D eigenvalue weighted by Gasteiger charge is 2.33. The van der Waals surface area contributed by atoms with Crippen LogP contribution in [0.15, 0.2) is 59.5 Å². The number of nitriles is 1. The van der Waals surface area contributed by atoms with E-state index in [0.29, 0.717) is 13.1 Å². The Hall–Kier alpha value is -2.41. The van der Waals surface area contributed by atoms with Crippen LogP contribution >= 0.6 is 0 Å². The fourth-order valence-electron chi connectivity index (χ4n) is 3.17. The van der Waals surface area contributed by atoms with Gasteiger partial charge in [0.2, 0.25) is 10.0 Å². The maximum Gasteiger partial charge on any atom is 0.416 e. The van der Waals surface area contributed by atoms with E-state index in [9.17, 15) is 26.9 Å². The number of hydrogen-bond donors (Lipinski definition) is 0. The van der Waals surface area contributed by atoms with Crippen molar-refractivity contribution in [3.05, 3.63) is 65.7 Å². The summed E-state index contributed by atoms with van der Waals surface area (Å²) in [6, 6.07) is 14.5. The Bertz CT molecular complexity index is 947. The average molecular weight is 409 g/mol. The topological polar surface area (TPSA) is 64.4 Å². The fourth-order valence-corrected chi connectivity index (χ4v) is 4.59. The van der Waals surface area contributed by atoms with Crippen molar-refractivity contribution >= 4 is 10.0 Å². The predicted molar refractivity (Wildman–Crippen MR) is 96.6 cm³/mol. The van der Waals surface area contributed by atoms with E-state index in [2.05, 4.69) is 6.07 Å². The number of halogens is 3. The summed E-state index contributed by atoms with van der Waals surface area (Å²) in [6.45, 7) is 1.03. The molecule has 1 unspecified atom stereocenters. The van der Waals surface area contributed by atoms with E-state index < -0.39 is 27.8 Å². The lowest BCUT2D eigenvalue weighted by molar-refractivity contribution is -0.137. The molecule has 1 atom stereocenters. The van der Waals surface area contributed by atoms with E-state index in [1.165, 1.54) is 4.31 Å². The Morgan fingerprint density at radius 3 is 2.00 bits per heavy atom. The molecule has 9 heteroatoms.